The van der Waals surface area contributed by atoms with Gasteiger partial charge in [0.05, 0.1) is 18.8 Å². The number of nitrogens with one attached hydrogen (secondary N) is 1. The first-order valence-electron chi connectivity index (χ1n) is 6.13. The lowest BCUT2D eigenvalue weighted by atomic mass is 10.0. The summed E-state index contributed by atoms with van der Waals surface area (Å²) in [6.45, 7) is 2.98. The van der Waals surface area contributed by atoms with Gasteiger partial charge in [0.2, 0.25) is 0 Å². The molecule has 0 aliphatic rings. The summed E-state index contributed by atoms with van der Waals surface area (Å²) in [6.07, 6.45) is 1.82. The van der Waals surface area contributed by atoms with Gasteiger partial charge in [-0.25, -0.2) is 0 Å². The fourth-order valence-electron chi connectivity index (χ4n) is 1.97. The molecular formula is C15H18N2O. The third-order valence-corrected chi connectivity index (χ3v) is 2.82. The van der Waals surface area contributed by atoms with Gasteiger partial charge in [-0.3, -0.25) is 4.98 Å². The van der Waals surface area contributed by atoms with Gasteiger partial charge in [-0.2, -0.15) is 0 Å². The van der Waals surface area contributed by atoms with Crippen LogP contribution in [0.25, 0.3) is 0 Å². The Morgan fingerprint density at radius 1 is 1.22 bits per heavy atom. The van der Waals surface area contributed by atoms with Crippen LogP contribution in [-0.4, -0.2) is 18.6 Å². The van der Waals surface area contributed by atoms with Crippen molar-refractivity contribution in [2.75, 3.05) is 13.7 Å². The molecule has 3 heteroatoms. The Balaban J connectivity index is 2.35. The number of rotatable bonds is 5. The van der Waals surface area contributed by atoms with Crippen LogP contribution in [0.5, 0.6) is 5.75 Å². The lowest BCUT2D eigenvalue weighted by Gasteiger charge is -2.18. The van der Waals surface area contributed by atoms with E-state index in [0.29, 0.717) is 0 Å². The second kappa shape index (κ2) is 6.17. The van der Waals surface area contributed by atoms with E-state index in [1.165, 1.54) is 0 Å². The number of methoxy groups -OCH3 is 1. The summed E-state index contributed by atoms with van der Waals surface area (Å²) >= 11 is 0. The van der Waals surface area contributed by atoms with Gasteiger partial charge >= 0.3 is 0 Å². The maximum atomic E-state index is 5.27. The Labute approximate surface area is 108 Å². The van der Waals surface area contributed by atoms with Crippen LogP contribution in [0.3, 0.4) is 0 Å². The van der Waals surface area contributed by atoms with Gasteiger partial charge in [0.25, 0.3) is 0 Å². The minimum Gasteiger partial charge on any atom is -0.497 e. The van der Waals surface area contributed by atoms with Gasteiger partial charge in [0.15, 0.2) is 0 Å². The molecule has 2 rings (SSSR count). The van der Waals surface area contributed by atoms with E-state index >= 15 is 0 Å². The number of ether oxygens (including phenoxy) is 1. The molecule has 0 bridgehead atoms. The van der Waals surface area contributed by atoms with Crippen molar-refractivity contribution in [1.29, 1.82) is 0 Å². The van der Waals surface area contributed by atoms with Crippen molar-refractivity contribution in [3.05, 3.63) is 59.9 Å². The summed E-state index contributed by atoms with van der Waals surface area (Å²) in [6, 6.07) is 14.2. The van der Waals surface area contributed by atoms with Gasteiger partial charge in [-0.15, -0.1) is 0 Å². The fraction of sp³-hybridized carbons (Fsp3) is 0.267. The van der Waals surface area contributed by atoms with Crippen LogP contribution in [-0.2, 0) is 0 Å². The predicted octanol–water partition coefficient (Wildman–Crippen LogP) is 2.79. The Morgan fingerprint density at radius 2 is 2.11 bits per heavy atom. The molecule has 0 aliphatic carbocycles. The minimum absolute atomic E-state index is 0.103. The molecule has 0 radical (unpaired) electrons. The Kier molecular flexibility index (Phi) is 4.31. The molecule has 1 N–H and O–H groups in total. The highest BCUT2D eigenvalue weighted by molar-refractivity contribution is 5.34. The molecule has 3 nitrogen and oxygen atoms in total. The normalized spacial score (nSPS) is 12.1. The van der Waals surface area contributed by atoms with E-state index in [4.69, 9.17) is 4.74 Å². The van der Waals surface area contributed by atoms with E-state index in [-0.39, 0.29) is 6.04 Å². The molecule has 1 heterocycles. The second-order valence-corrected chi connectivity index (χ2v) is 4.02. The molecule has 1 aromatic carbocycles. The first-order valence-corrected chi connectivity index (χ1v) is 6.13. The van der Waals surface area contributed by atoms with E-state index in [9.17, 15) is 0 Å². The Morgan fingerprint density at radius 3 is 2.78 bits per heavy atom. The first kappa shape index (κ1) is 12.6. The highest BCUT2D eigenvalue weighted by Gasteiger charge is 2.14. The SMILES string of the molecule is CCNC(c1cccc(OC)c1)c1ccccn1. The van der Waals surface area contributed by atoms with Crippen LogP contribution in [0.2, 0.25) is 0 Å². The molecule has 0 saturated carbocycles. The minimum atomic E-state index is 0.103. The molecule has 18 heavy (non-hydrogen) atoms. The zero-order chi connectivity index (χ0) is 12.8. The smallest absolute Gasteiger partial charge is 0.119 e. The number of benzene rings is 1. The van der Waals surface area contributed by atoms with Crippen molar-refractivity contribution in [1.82, 2.24) is 10.3 Å². The van der Waals surface area contributed by atoms with E-state index in [2.05, 4.69) is 23.3 Å². The molecule has 0 amide bonds. The quantitative estimate of drug-likeness (QED) is 0.875. The molecular weight excluding hydrogens is 224 g/mol. The third-order valence-electron chi connectivity index (χ3n) is 2.82. The second-order valence-electron chi connectivity index (χ2n) is 4.02. The fourth-order valence-corrected chi connectivity index (χ4v) is 1.97. The maximum absolute atomic E-state index is 5.27. The lowest BCUT2D eigenvalue weighted by Crippen LogP contribution is -2.22. The molecule has 0 aliphatic heterocycles. The van der Waals surface area contributed by atoms with E-state index in [1.54, 1.807) is 7.11 Å². The van der Waals surface area contributed by atoms with Gasteiger partial charge < -0.3 is 10.1 Å². The first-order chi connectivity index (χ1) is 8.85. The van der Waals surface area contributed by atoms with Crippen LogP contribution in [0.1, 0.15) is 24.2 Å². The van der Waals surface area contributed by atoms with Crippen LogP contribution in [0, 0.1) is 0 Å². The molecule has 0 saturated heterocycles. The molecule has 0 spiro atoms. The molecule has 1 aromatic heterocycles. The third kappa shape index (κ3) is 2.87. The van der Waals surface area contributed by atoms with Crippen molar-refractivity contribution in [3.8, 4) is 5.75 Å². The topological polar surface area (TPSA) is 34.1 Å². The number of hydrogen-bond donors (Lipinski definition) is 1. The van der Waals surface area contributed by atoms with Crippen molar-refractivity contribution < 1.29 is 4.74 Å². The van der Waals surface area contributed by atoms with E-state index in [1.807, 2.05) is 42.6 Å². The molecule has 1 unspecified atom stereocenters. The van der Waals surface area contributed by atoms with Gasteiger partial charge in [0, 0.05) is 6.20 Å². The summed E-state index contributed by atoms with van der Waals surface area (Å²) < 4.78 is 5.27. The monoisotopic (exact) mass is 242 g/mol. The van der Waals surface area contributed by atoms with Gasteiger partial charge in [-0.05, 0) is 36.4 Å². The van der Waals surface area contributed by atoms with Gasteiger partial charge in [0.1, 0.15) is 5.75 Å². The van der Waals surface area contributed by atoms with Gasteiger partial charge in [-0.1, -0.05) is 25.1 Å². The van der Waals surface area contributed by atoms with Crippen molar-refractivity contribution >= 4 is 0 Å². The zero-order valence-corrected chi connectivity index (χ0v) is 10.8. The Hall–Kier alpha value is -1.87. The number of aromatic nitrogens is 1. The predicted molar refractivity (Wildman–Crippen MR) is 72.8 cm³/mol. The summed E-state index contributed by atoms with van der Waals surface area (Å²) in [5, 5.41) is 3.45. The Bertz CT molecular complexity index is 485. The van der Waals surface area contributed by atoms with Crippen LogP contribution in [0.4, 0.5) is 0 Å². The van der Waals surface area contributed by atoms with Crippen LogP contribution < -0.4 is 10.1 Å². The lowest BCUT2D eigenvalue weighted by molar-refractivity contribution is 0.413. The summed E-state index contributed by atoms with van der Waals surface area (Å²) in [4.78, 5) is 4.43. The zero-order valence-electron chi connectivity index (χ0n) is 10.8. The number of nitrogens with zero attached hydrogens (tertiary/aromatic N) is 1. The van der Waals surface area contributed by atoms with Crippen molar-refractivity contribution in [2.24, 2.45) is 0 Å². The summed E-state index contributed by atoms with van der Waals surface area (Å²) in [5.74, 6) is 0.867. The molecule has 94 valence electrons. The van der Waals surface area contributed by atoms with E-state index in [0.717, 1.165) is 23.6 Å². The number of pyridine rings is 1. The largest absolute Gasteiger partial charge is 0.497 e. The highest BCUT2D eigenvalue weighted by Crippen LogP contribution is 2.23. The highest BCUT2D eigenvalue weighted by atomic mass is 16.5. The van der Waals surface area contributed by atoms with E-state index < -0.39 is 0 Å². The van der Waals surface area contributed by atoms with Crippen molar-refractivity contribution in [2.45, 2.75) is 13.0 Å². The average Bonchev–Trinajstić information content (AvgIpc) is 2.46. The summed E-state index contributed by atoms with van der Waals surface area (Å²) in [7, 11) is 1.68. The summed E-state index contributed by atoms with van der Waals surface area (Å²) in [5.41, 5.74) is 2.18. The van der Waals surface area contributed by atoms with Crippen LogP contribution in [0.15, 0.2) is 48.7 Å². The number of hydrogen-bond acceptors (Lipinski definition) is 3. The molecule has 2 aromatic rings. The molecule has 1 atom stereocenters. The van der Waals surface area contributed by atoms with Crippen molar-refractivity contribution in [3.63, 3.8) is 0 Å². The average molecular weight is 242 g/mol. The molecule has 0 fully saturated rings. The van der Waals surface area contributed by atoms with Crippen LogP contribution >= 0.6 is 0 Å². The standard InChI is InChI=1S/C15H18N2O/c1-3-16-15(14-9-4-5-10-17-14)12-7-6-8-13(11-12)18-2/h4-11,15-16H,3H2,1-2H3. The maximum Gasteiger partial charge on any atom is 0.119 e.